The van der Waals surface area contributed by atoms with Crippen LogP contribution in [0.3, 0.4) is 0 Å². The molecule has 0 heterocycles. The smallest absolute Gasteiger partial charge is 0.338 e. The van der Waals surface area contributed by atoms with Crippen molar-refractivity contribution in [3.8, 4) is 0 Å². The van der Waals surface area contributed by atoms with Crippen LogP contribution in [0.4, 0.5) is 5.69 Å². The molecule has 20 heavy (non-hydrogen) atoms. The highest BCUT2D eigenvalue weighted by Crippen LogP contribution is 2.35. The first-order valence-corrected chi connectivity index (χ1v) is 7.33. The number of benzene rings is 2. The van der Waals surface area contributed by atoms with Gasteiger partial charge in [-0.1, -0.05) is 35.9 Å². The molecule has 0 bridgehead atoms. The van der Waals surface area contributed by atoms with Crippen molar-refractivity contribution < 1.29 is 9.53 Å². The van der Waals surface area contributed by atoms with Gasteiger partial charge in [0.1, 0.15) is 0 Å². The van der Waals surface area contributed by atoms with E-state index < -0.39 is 0 Å². The van der Waals surface area contributed by atoms with Gasteiger partial charge in [0.05, 0.1) is 17.7 Å². The van der Waals surface area contributed by atoms with Gasteiger partial charge in [0.25, 0.3) is 0 Å². The number of methoxy groups -OCH3 is 1. The van der Waals surface area contributed by atoms with Gasteiger partial charge in [-0.2, -0.15) is 0 Å². The van der Waals surface area contributed by atoms with Gasteiger partial charge in [0, 0.05) is 16.3 Å². The topological polar surface area (TPSA) is 52.3 Å². The predicted molar refractivity (Wildman–Crippen MR) is 83.2 cm³/mol. The van der Waals surface area contributed by atoms with Gasteiger partial charge >= 0.3 is 5.97 Å². The van der Waals surface area contributed by atoms with Gasteiger partial charge in [0.15, 0.2) is 0 Å². The second-order valence-electron chi connectivity index (χ2n) is 4.10. The fraction of sp³-hybridized carbons (Fsp3) is 0.133. The summed E-state index contributed by atoms with van der Waals surface area (Å²) >= 11 is 7.64. The number of ether oxygens (including phenoxy) is 1. The summed E-state index contributed by atoms with van der Waals surface area (Å²) in [6, 6.07) is 12.8. The largest absolute Gasteiger partial charge is 0.465 e. The molecule has 0 spiro atoms. The van der Waals surface area contributed by atoms with Crippen molar-refractivity contribution in [2.24, 2.45) is 0 Å². The highest BCUT2D eigenvalue weighted by atomic mass is 35.5. The minimum absolute atomic E-state index is 0.340. The molecule has 0 aliphatic rings. The van der Waals surface area contributed by atoms with E-state index >= 15 is 0 Å². The van der Waals surface area contributed by atoms with E-state index in [1.54, 1.807) is 18.2 Å². The summed E-state index contributed by atoms with van der Waals surface area (Å²) in [6.07, 6.45) is 0. The molecule has 0 aliphatic carbocycles. The van der Waals surface area contributed by atoms with Crippen LogP contribution in [0.1, 0.15) is 15.9 Å². The highest BCUT2D eigenvalue weighted by molar-refractivity contribution is 7.98. The monoisotopic (exact) mass is 307 g/mol. The third-order valence-corrected chi connectivity index (χ3v) is 4.42. The lowest BCUT2D eigenvalue weighted by atomic mass is 10.1. The Morgan fingerprint density at radius 1 is 1.25 bits per heavy atom. The molecule has 0 atom stereocenters. The Bertz CT molecular complexity index is 611. The van der Waals surface area contributed by atoms with E-state index in [1.807, 2.05) is 24.3 Å². The Labute approximate surface area is 127 Å². The normalized spacial score (nSPS) is 10.3. The molecule has 2 N–H and O–H groups in total. The molecule has 104 valence electrons. The molecule has 0 unspecified atom stereocenters. The summed E-state index contributed by atoms with van der Waals surface area (Å²) in [7, 11) is 1.37. The Morgan fingerprint density at radius 2 is 2.00 bits per heavy atom. The van der Waals surface area contributed by atoms with E-state index in [0.29, 0.717) is 22.0 Å². The molecule has 2 rings (SSSR count). The van der Waals surface area contributed by atoms with Crippen molar-refractivity contribution in [1.82, 2.24) is 0 Å². The molecule has 0 fully saturated rings. The van der Waals surface area contributed by atoms with E-state index in [0.717, 1.165) is 10.5 Å². The second-order valence-corrected chi connectivity index (χ2v) is 5.49. The zero-order valence-electron chi connectivity index (χ0n) is 10.9. The molecule has 0 amide bonds. The number of esters is 1. The molecule has 0 saturated heterocycles. The Balaban J connectivity index is 2.21. The molecule has 0 saturated carbocycles. The minimum atomic E-state index is -0.340. The van der Waals surface area contributed by atoms with Crippen LogP contribution in [0.2, 0.25) is 5.02 Å². The number of rotatable bonds is 4. The molecular formula is C15H14ClNO2S. The Morgan fingerprint density at radius 3 is 2.70 bits per heavy atom. The fourth-order valence-corrected chi connectivity index (χ4v) is 3.12. The summed E-state index contributed by atoms with van der Waals surface area (Å²) < 4.78 is 4.78. The number of carbonyl (C=O) groups is 1. The third kappa shape index (κ3) is 3.26. The molecule has 0 aliphatic heterocycles. The lowest BCUT2D eigenvalue weighted by Gasteiger charge is -2.10. The van der Waals surface area contributed by atoms with Crippen LogP contribution in [-0.2, 0) is 10.5 Å². The van der Waals surface area contributed by atoms with Crippen LogP contribution in [0.25, 0.3) is 0 Å². The maximum absolute atomic E-state index is 11.7. The molecule has 0 aromatic heterocycles. The van der Waals surface area contributed by atoms with Gasteiger partial charge in [-0.15, -0.1) is 11.8 Å². The summed E-state index contributed by atoms with van der Waals surface area (Å²) in [5.41, 5.74) is 8.01. The van der Waals surface area contributed by atoms with Crippen molar-refractivity contribution >= 4 is 35.0 Å². The lowest BCUT2D eigenvalue weighted by Crippen LogP contribution is -2.04. The molecule has 3 nitrogen and oxygen atoms in total. The number of carbonyl (C=O) groups excluding carboxylic acids is 1. The maximum Gasteiger partial charge on any atom is 0.338 e. The Kier molecular flexibility index (Phi) is 4.93. The van der Waals surface area contributed by atoms with Gasteiger partial charge in [-0.05, 0) is 23.8 Å². The molecule has 0 radical (unpaired) electrons. The van der Waals surface area contributed by atoms with Crippen molar-refractivity contribution in [2.45, 2.75) is 10.6 Å². The first-order valence-electron chi connectivity index (χ1n) is 5.96. The van der Waals surface area contributed by atoms with Crippen molar-refractivity contribution in [3.05, 3.63) is 58.6 Å². The number of anilines is 1. The van der Waals surface area contributed by atoms with Crippen molar-refractivity contribution in [2.75, 3.05) is 12.8 Å². The molecule has 2 aromatic carbocycles. The van der Waals surface area contributed by atoms with Crippen molar-refractivity contribution in [3.63, 3.8) is 0 Å². The van der Waals surface area contributed by atoms with Gasteiger partial charge in [0.2, 0.25) is 0 Å². The number of hydrogen-bond donors (Lipinski definition) is 1. The number of nitrogens with two attached hydrogens (primary N) is 1. The summed E-state index contributed by atoms with van der Waals surface area (Å²) in [6.45, 7) is 0. The first kappa shape index (κ1) is 14.8. The quantitative estimate of drug-likeness (QED) is 0.527. The van der Waals surface area contributed by atoms with Gasteiger partial charge in [-0.3, -0.25) is 0 Å². The van der Waals surface area contributed by atoms with Crippen LogP contribution in [-0.4, -0.2) is 13.1 Å². The number of nitrogen functional groups attached to an aromatic ring is 1. The van der Waals surface area contributed by atoms with E-state index in [1.165, 1.54) is 18.9 Å². The van der Waals surface area contributed by atoms with E-state index in [-0.39, 0.29) is 5.97 Å². The predicted octanol–water partition coefficient (Wildman–Crippen LogP) is 4.00. The Hall–Kier alpha value is -1.65. The summed E-state index contributed by atoms with van der Waals surface area (Å²) in [4.78, 5) is 12.5. The van der Waals surface area contributed by atoms with Crippen LogP contribution >= 0.6 is 23.4 Å². The van der Waals surface area contributed by atoms with Crippen LogP contribution in [0.15, 0.2) is 47.4 Å². The van der Waals surface area contributed by atoms with E-state index in [2.05, 4.69) is 0 Å². The highest BCUT2D eigenvalue weighted by Gasteiger charge is 2.12. The van der Waals surface area contributed by atoms with Crippen LogP contribution in [0.5, 0.6) is 0 Å². The van der Waals surface area contributed by atoms with E-state index in [9.17, 15) is 4.79 Å². The first-order chi connectivity index (χ1) is 9.63. The van der Waals surface area contributed by atoms with Crippen molar-refractivity contribution in [1.29, 1.82) is 0 Å². The van der Waals surface area contributed by atoms with Crippen LogP contribution in [0, 0.1) is 0 Å². The SMILES string of the molecule is COC(=O)c1ccccc1CSc1c(N)cccc1Cl. The number of thioether (sulfide) groups is 1. The molecule has 5 heteroatoms. The summed E-state index contributed by atoms with van der Waals surface area (Å²) in [5.74, 6) is 0.257. The standard InChI is InChI=1S/C15H14ClNO2S/c1-19-15(18)11-6-3-2-5-10(11)9-20-14-12(16)7-4-8-13(14)17/h2-8H,9,17H2,1H3. The third-order valence-electron chi connectivity index (χ3n) is 2.79. The van der Waals surface area contributed by atoms with Gasteiger partial charge in [-0.25, -0.2) is 4.79 Å². The lowest BCUT2D eigenvalue weighted by molar-refractivity contribution is 0.0600. The molecule has 2 aromatic rings. The summed E-state index contributed by atoms with van der Waals surface area (Å²) in [5, 5.41) is 0.616. The van der Waals surface area contributed by atoms with E-state index in [4.69, 9.17) is 22.1 Å². The minimum Gasteiger partial charge on any atom is -0.465 e. The molecular weight excluding hydrogens is 294 g/mol. The average molecular weight is 308 g/mol. The zero-order chi connectivity index (χ0) is 14.5. The number of hydrogen-bond acceptors (Lipinski definition) is 4. The second kappa shape index (κ2) is 6.68. The van der Waals surface area contributed by atoms with Gasteiger partial charge < -0.3 is 10.5 Å². The fourth-order valence-electron chi connectivity index (χ4n) is 1.78. The maximum atomic E-state index is 11.7. The average Bonchev–Trinajstić information content (AvgIpc) is 2.46. The van der Waals surface area contributed by atoms with Crippen LogP contribution < -0.4 is 5.73 Å². The number of halogens is 1. The zero-order valence-corrected chi connectivity index (χ0v) is 12.5.